The Labute approximate surface area is 150 Å². The third-order valence-electron chi connectivity index (χ3n) is 4.64. The second-order valence-electron chi connectivity index (χ2n) is 7.20. The summed E-state index contributed by atoms with van der Waals surface area (Å²) in [6, 6.07) is 0. The molecule has 146 valence electrons. The highest BCUT2D eigenvalue weighted by atomic mass is 16.3. The number of hydrogen-bond donors (Lipinski definition) is 3. The summed E-state index contributed by atoms with van der Waals surface area (Å²) in [5, 5.41) is 29.6. The lowest BCUT2D eigenvalue weighted by molar-refractivity contribution is 0.0519. The van der Waals surface area contributed by atoms with Crippen molar-refractivity contribution in [3.05, 3.63) is 0 Å². The topological polar surface area (TPSA) is 63.9 Å². The van der Waals surface area contributed by atoms with Gasteiger partial charge in [-0.25, -0.2) is 0 Å². The maximum atomic E-state index is 10.2. The molecule has 0 aliphatic rings. The molecule has 4 nitrogen and oxygen atoms in total. The van der Waals surface area contributed by atoms with Crippen LogP contribution in [0.2, 0.25) is 0 Å². The third kappa shape index (κ3) is 15.4. The molecule has 0 bridgehead atoms. The van der Waals surface area contributed by atoms with Crippen LogP contribution < -0.4 is 0 Å². The van der Waals surface area contributed by atoms with E-state index in [1.165, 1.54) is 51.4 Å². The number of rotatable bonds is 18. The van der Waals surface area contributed by atoms with Gasteiger partial charge in [-0.1, -0.05) is 78.1 Å². The fourth-order valence-electron chi connectivity index (χ4n) is 3.14. The van der Waals surface area contributed by atoms with Gasteiger partial charge in [-0.3, -0.25) is 4.90 Å². The first-order valence-corrected chi connectivity index (χ1v) is 10.3. The molecule has 0 heterocycles. The van der Waals surface area contributed by atoms with Gasteiger partial charge in [0.1, 0.15) is 0 Å². The molecule has 0 fully saturated rings. The summed E-state index contributed by atoms with van der Waals surface area (Å²) >= 11 is 0. The van der Waals surface area contributed by atoms with E-state index in [0.29, 0.717) is 19.6 Å². The molecule has 0 saturated heterocycles. The smallest absolute Gasteiger partial charge is 0.0667 e. The van der Waals surface area contributed by atoms with Crippen LogP contribution in [-0.2, 0) is 0 Å². The van der Waals surface area contributed by atoms with Gasteiger partial charge in [0.05, 0.1) is 18.8 Å². The van der Waals surface area contributed by atoms with Crippen LogP contribution in [0.25, 0.3) is 0 Å². The average Bonchev–Trinajstić information content (AvgIpc) is 2.54. The lowest BCUT2D eigenvalue weighted by Gasteiger charge is -2.26. The SMILES string of the molecule is CCCCCCCC(O)CN(CCO)CC(O)CCCCCCC. The van der Waals surface area contributed by atoms with Gasteiger partial charge in [-0.15, -0.1) is 0 Å². The van der Waals surface area contributed by atoms with Crippen LogP contribution in [0, 0.1) is 0 Å². The first kappa shape index (κ1) is 23.8. The molecular formula is C20H43NO3. The first-order valence-electron chi connectivity index (χ1n) is 10.3. The molecule has 0 aromatic heterocycles. The van der Waals surface area contributed by atoms with Crippen molar-refractivity contribution in [3.8, 4) is 0 Å². The number of nitrogens with zero attached hydrogens (tertiary/aromatic N) is 1. The van der Waals surface area contributed by atoms with E-state index in [0.717, 1.165) is 25.7 Å². The van der Waals surface area contributed by atoms with Crippen molar-refractivity contribution in [2.24, 2.45) is 0 Å². The Kier molecular flexibility index (Phi) is 17.5. The Hall–Kier alpha value is -0.160. The van der Waals surface area contributed by atoms with Crippen LogP contribution in [0.4, 0.5) is 0 Å². The van der Waals surface area contributed by atoms with E-state index in [1.807, 2.05) is 4.90 Å². The second-order valence-corrected chi connectivity index (χ2v) is 7.20. The minimum atomic E-state index is -0.352. The minimum absolute atomic E-state index is 0.0758. The van der Waals surface area contributed by atoms with Crippen LogP contribution in [0.3, 0.4) is 0 Å². The molecule has 0 aliphatic heterocycles. The van der Waals surface area contributed by atoms with Crippen LogP contribution in [0.1, 0.15) is 90.9 Å². The van der Waals surface area contributed by atoms with Crippen LogP contribution in [0.15, 0.2) is 0 Å². The van der Waals surface area contributed by atoms with Gasteiger partial charge < -0.3 is 15.3 Å². The van der Waals surface area contributed by atoms with Gasteiger partial charge in [0.15, 0.2) is 0 Å². The number of aliphatic hydroxyl groups is 3. The molecule has 0 saturated carbocycles. The summed E-state index contributed by atoms with van der Waals surface area (Å²) in [6.07, 6.45) is 13.0. The zero-order valence-electron chi connectivity index (χ0n) is 16.3. The van der Waals surface area contributed by atoms with E-state index >= 15 is 0 Å². The molecule has 0 aliphatic carbocycles. The molecule has 24 heavy (non-hydrogen) atoms. The third-order valence-corrected chi connectivity index (χ3v) is 4.64. The first-order chi connectivity index (χ1) is 11.6. The molecule has 0 radical (unpaired) electrons. The average molecular weight is 346 g/mol. The van der Waals surface area contributed by atoms with Crippen molar-refractivity contribution in [1.82, 2.24) is 4.90 Å². The van der Waals surface area contributed by atoms with Crippen LogP contribution >= 0.6 is 0 Å². The molecular weight excluding hydrogens is 302 g/mol. The largest absolute Gasteiger partial charge is 0.395 e. The van der Waals surface area contributed by atoms with Crippen molar-refractivity contribution in [2.45, 2.75) is 103 Å². The summed E-state index contributed by atoms with van der Waals surface area (Å²) < 4.78 is 0. The second kappa shape index (κ2) is 17.7. The van der Waals surface area contributed by atoms with Gasteiger partial charge >= 0.3 is 0 Å². The van der Waals surface area contributed by atoms with Gasteiger partial charge in [0.2, 0.25) is 0 Å². The maximum Gasteiger partial charge on any atom is 0.0667 e. The molecule has 0 aromatic carbocycles. The minimum Gasteiger partial charge on any atom is -0.395 e. The highest BCUT2D eigenvalue weighted by Crippen LogP contribution is 2.11. The number of unbranched alkanes of at least 4 members (excludes halogenated alkanes) is 8. The highest BCUT2D eigenvalue weighted by Gasteiger charge is 2.15. The summed E-state index contributed by atoms with van der Waals surface area (Å²) in [6.45, 7) is 6.13. The Balaban J connectivity index is 3.88. The monoisotopic (exact) mass is 345 g/mol. The fourth-order valence-corrected chi connectivity index (χ4v) is 3.14. The quantitative estimate of drug-likeness (QED) is 0.331. The van der Waals surface area contributed by atoms with E-state index in [1.54, 1.807) is 0 Å². The molecule has 3 N–H and O–H groups in total. The van der Waals surface area contributed by atoms with Crippen molar-refractivity contribution in [3.63, 3.8) is 0 Å². The van der Waals surface area contributed by atoms with Gasteiger partial charge in [-0.05, 0) is 12.8 Å². The summed E-state index contributed by atoms with van der Waals surface area (Å²) in [5.41, 5.74) is 0. The summed E-state index contributed by atoms with van der Waals surface area (Å²) in [4.78, 5) is 2.01. The Morgan fingerprint density at radius 3 is 1.46 bits per heavy atom. The highest BCUT2D eigenvalue weighted by molar-refractivity contribution is 4.69. The Morgan fingerprint density at radius 2 is 1.08 bits per heavy atom. The molecule has 0 spiro atoms. The molecule has 0 rings (SSSR count). The number of aliphatic hydroxyl groups excluding tert-OH is 3. The van der Waals surface area contributed by atoms with Crippen molar-refractivity contribution < 1.29 is 15.3 Å². The molecule has 4 heteroatoms. The van der Waals surface area contributed by atoms with Gasteiger partial charge in [0.25, 0.3) is 0 Å². The van der Waals surface area contributed by atoms with Gasteiger partial charge in [0, 0.05) is 19.6 Å². The zero-order chi connectivity index (χ0) is 18.0. The van der Waals surface area contributed by atoms with Crippen molar-refractivity contribution in [1.29, 1.82) is 0 Å². The van der Waals surface area contributed by atoms with E-state index < -0.39 is 0 Å². The van der Waals surface area contributed by atoms with E-state index in [4.69, 9.17) is 0 Å². The van der Waals surface area contributed by atoms with Crippen molar-refractivity contribution in [2.75, 3.05) is 26.2 Å². The zero-order valence-corrected chi connectivity index (χ0v) is 16.3. The standard InChI is InChI=1S/C20H43NO3/c1-3-5-7-9-11-13-19(23)17-21(15-16-22)18-20(24)14-12-10-8-6-4-2/h19-20,22-24H,3-18H2,1-2H3. The van der Waals surface area contributed by atoms with E-state index in [2.05, 4.69) is 13.8 Å². The fraction of sp³-hybridized carbons (Fsp3) is 1.00. The summed E-state index contributed by atoms with van der Waals surface area (Å²) in [7, 11) is 0. The molecule has 2 unspecified atom stereocenters. The number of hydrogen-bond acceptors (Lipinski definition) is 4. The lowest BCUT2D eigenvalue weighted by atomic mass is 10.1. The molecule has 2 atom stereocenters. The van der Waals surface area contributed by atoms with Crippen LogP contribution in [0.5, 0.6) is 0 Å². The normalized spacial score (nSPS) is 14.2. The predicted molar refractivity (Wildman–Crippen MR) is 102 cm³/mol. The predicted octanol–water partition coefficient (Wildman–Crippen LogP) is 3.72. The van der Waals surface area contributed by atoms with Gasteiger partial charge in [-0.2, -0.15) is 0 Å². The van der Waals surface area contributed by atoms with E-state index in [9.17, 15) is 15.3 Å². The molecule has 0 amide bonds. The molecule has 0 aromatic rings. The lowest BCUT2D eigenvalue weighted by Crippen LogP contribution is -2.39. The Bertz CT molecular complexity index is 229. The van der Waals surface area contributed by atoms with E-state index in [-0.39, 0.29) is 18.8 Å². The maximum absolute atomic E-state index is 10.2. The van der Waals surface area contributed by atoms with Crippen LogP contribution in [-0.4, -0.2) is 58.7 Å². The van der Waals surface area contributed by atoms with Crippen molar-refractivity contribution >= 4 is 0 Å². The Morgan fingerprint density at radius 1 is 0.667 bits per heavy atom. The summed E-state index contributed by atoms with van der Waals surface area (Å²) in [5.74, 6) is 0.